The minimum absolute atomic E-state index is 0.311. The molecule has 3 nitrogen and oxygen atoms in total. The molecule has 2 aromatic rings. The third-order valence-corrected chi connectivity index (χ3v) is 7.50. The highest BCUT2D eigenvalue weighted by Gasteiger charge is 2.17. The molecule has 0 fully saturated rings. The third-order valence-electron chi connectivity index (χ3n) is 6.76. The van der Waals surface area contributed by atoms with Crippen LogP contribution in [-0.2, 0) is 0 Å². The van der Waals surface area contributed by atoms with E-state index in [2.05, 4.69) is 72.3 Å². The second-order valence-electron chi connectivity index (χ2n) is 9.08. The molecule has 4 aliphatic rings. The number of H-pyrrole nitrogens is 1. The van der Waals surface area contributed by atoms with Gasteiger partial charge in [0.15, 0.2) is 0 Å². The summed E-state index contributed by atoms with van der Waals surface area (Å²) < 4.78 is 0.822. The molecule has 0 amide bonds. The van der Waals surface area contributed by atoms with Crippen LogP contribution in [0.4, 0.5) is 0 Å². The van der Waals surface area contributed by atoms with E-state index in [1.165, 1.54) is 11.1 Å². The van der Waals surface area contributed by atoms with Crippen molar-refractivity contribution < 1.29 is 0 Å². The molecule has 2 heterocycles. The fourth-order valence-electron chi connectivity index (χ4n) is 4.95. The second-order valence-corrected chi connectivity index (χ2v) is 10.00. The summed E-state index contributed by atoms with van der Waals surface area (Å²) in [6.45, 7) is 6.42. The molecule has 1 aliphatic heterocycles. The van der Waals surface area contributed by atoms with Gasteiger partial charge in [-0.25, -0.2) is 0 Å². The van der Waals surface area contributed by atoms with E-state index in [0.717, 1.165) is 58.5 Å². The van der Waals surface area contributed by atoms with Crippen molar-refractivity contribution in [3.05, 3.63) is 125 Å². The van der Waals surface area contributed by atoms with Crippen molar-refractivity contribution in [1.29, 1.82) is 0 Å². The number of aromatic nitrogens is 2. The second kappa shape index (κ2) is 9.01. The van der Waals surface area contributed by atoms with Gasteiger partial charge in [0.2, 0.25) is 0 Å². The molecule has 1 aromatic carbocycles. The number of nitrogens with one attached hydrogen (secondary N) is 1. The van der Waals surface area contributed by atoms with Crippen LogP contribution in [0.2, 0.25) is 0 Å². The lowest BCUT2D eigenvalue weighted by Crippen LogP contribution is -2.12. The van der Waals surface area contributed by atoms with E-state index in [1.807, 2.05) is 42.6 Å². The molecule has 1 aromatic heterocycles. The average molecular weight is 502 g/mol. The monoisotopic (exact) mass is 501 g/mol. The molecular weight excluding hydrogens is 478 g/mol. The van der Waals surface area contributed by atoms with Gasteiger partial charge in [-0.15, -0.1) is 12.6 Å². The molecule has 0 saturated carbocycles. The number of allylic oxidation sites excluding steroid dienone is 2. The van der Waals surface area contributed by atoms with Gasteiger partial charge >= 0.3 is 0 Å². The quantitative estimate of drug-likeness (QED) is 0.261. The summed E-state index contributed by atoms with van der Waals surface area (Å²) in [6.07, 6.45) is 14.5. The predicted octanol–water partition coefficient (Wildman–Crippen LogP) is 6.01. The van der Waals surface area contributed by atoms with E-state index in [0.29, 0.717) is 5.92 Å². The maximum atomic E-state index is 5.74. The van der Waals surface area contributed by atoms with Crippen LogP contribution in [0.1, 0.15) is 46.5 Å². The summed E-state index contributed by atoms with van der Waals surface area (Å²) in [5.74, 6) is 0.311. The largest absolute Gasteiger partial charge is 0.276 e. The fraction of sp³-hybridized carbons (Fsp3) is 0.0645. The Hall–Kier alpha value is -3.80. The molecule has 3 aliphatic carbocycles. The van der Waals surface area contributed by atoms with Crippen molar-refractivity contribution in [3.63, 3.8) is 0 Å². The summed E-state index contributed by atoms with van der Waals surface area (Å²) in [4.78, 5) is 5.62. The Morgan fingerprint density at radius 3 is 2.78 bits per heavy atom. The molecule has 174 valence electrons. The van der Waals surface area contributed by atoms with E-state index in [-0.39, 0.29) is 0 Å². The Labute approximate surface area is 219 Å². The van der Waals surface area contributed by atoms with Gasteiger partial charge in [0.25, 0.3) is 0 Å². The highest BCUT2D eigenvalue weighted by atomic mass is 32.1. The lowest BCUT2D eigenvalue weighted by Gasteiger charge is -2.07. The van der Waals surface area contributed by atoms with Crippen LogP contribution in [0.25, 0.3) is 30.9 Å². The summed E-state index contributed by atoms with van der Waals surface area (Å²) >= 11 is 10.5. The Bertz CT molecular complexity index is 1910. The van der Waals surface area contributed by atoms with Gasteiger partial charge < -0.3 is 0 Å². The maximum absolute atomic E-state index is 5.74. The fourth-order valence-corrected chi connectivity index (χ4v) is 5.46. The van der Waals surface area contributed by atoms with Crippen molar-refractivity contribution in [2.24, 2.45) is 4.99 Å². The van der Waals surface area contributed by atoms with E-state index in [4.69, 9.17) is 29.8 Å². The average Bonchev–Trinajstić information content (AvgIpc) is 3.41. The van der Waals surface area contributed by atoms with Crippen LogP contribution in [0.5, 0.6) is 0 Å². The highest BCUT2D eigenvalue weighted by Crippen LogP contribution is 2.34. The number of hydrogen-bond donors (Lipinski definition) is 2. The molecule has 6 rings (SSSR count). The predicted molar refractivity (Wildman–Crippen MR) is 155 cm³/mol. The van der Waals surface area contributed by atoms with E-state index >= 15 is 0 Å². The number of aliphatic imine (C=N–C) groups is 1. The summed E-state index contributed by atoms with van der Waals surface area (Å²) in [5.41, 5.74) is 7.00. The van der Waals surface area contributed by atoms with Gasteiger partial charge in [-0.05, 0) is 74.0 Å². The molecule has 1 atom stereocenters. The minimum Gasteiger partial charge on any atom is -0.276 e. The Kier molecular flexibility index (Phi) is 5.67. The van der Waals surface area contributed by atoms with E-state index < -0.39 is 0 Å². The number of fused-ring (bicyclic) bond motifs is 2. The first kappa shape index (κ1) is 22.7. The van der Waals surface area contributed by atoms with Gasteiger partial charge in [0.1, 0.15) is 0 Å². The van der Waals surface area contributed by atoms with Crippen LogP contribution >= 0.6 is 24.8 Å². The van der Waals surface area contributed by atoms with Crippen LogP contribution in [0.3, 0.4) is 0 Å². The first-order valence-corrected chi connectivity index (χ1v) is 12.6. The van der Waals surface area contributed by atoms with Crippen molar-refractivity contribution in [2.45, 2.75) is 17.7 Å². The molecule has 36 heavy (non-hydrogen) atoms. The summed E-state index contributed by atoms with van der Waals surface area (Å²) in [6, 6.07) is 16.3. The zero-order valence-electron chi connectivity index (χ0n) is 19.7. The molecule has 0 radical (unpaired) electrons. The molecule has 0 saturated heterocycles. The van der Waals surface area contributed by atoms with Crippen molar-refractivity contribution in [3.8, 4) is 0 Å². The van der Waals surface area contributed by atoms with Gasteiger partial charge in [0.05, 0.1) is 23.3 Å². The zero-order valence-corrected chi connectivity index (χ0v) is 21.4. The smallest absolute Gasteiger partial charge is 0.0934 e. The van der Waals surface area contributed by atoms with E-state index in [9.17, 15) is 0 Å². The van der Waals surface area contributed by atoms with Crippen molar-refractivity contribution in [2.75, 3.05) is 0 Å². The van der Waals surface area contributed by atoms with Gasteiger partial charge in [-0.3, -0.25) is 10.1 Å². The first-order valence-electron chi connectivity index (χ1n) is 11.8. The third kappa shape index (κ3) is 3.91. The van der Waals surface area contributed by atoms with Crippen LogP contribution in [-0.4, -0.2) is 16.4 Å². The maximum Gasteiger partial charge on any atom is 0.0934 e. The Morgan fingerprint density at radius 2 is 1.89 bits per heavy atom. The van der Waals surface area contributed by atoms with Crippen molar-refractivity contribution >= 4 is 61.9 Å². The first-order chi connectivity index (χ1) is 17.5. The Morgan fingerprint density at radius 1 is 1.03 bits per heavy atom. The summed E-state index contributed by atoms with van der Waals surface area (Å²) in [5, 5.41) is 11.9. The van der Waals surface area contributed by atoms with Crippen LogP contribution in [0, 0.1) is 14.9 Å². The molecule has 0 bridgehead atoms. The SMILES string of the molecule is C=c1ccc2cccc(S)/c(=C/c3n[nH]c4c3C=C/C(=C\c3c5c(cccc3=S)C=C[C@@H]5C)N=C4)c1=2. The topological polar surface area (TPSA) is 41.0 Å². The number of hydrogen-bond acceptors (Lipinski definition) is 4. The molecule has 0 unspecified atom stereocenters. The molecule has 5 heteroatoms. The molecule has 0 spiro atoms. The van der Waals surface area contributed by atoms with Crippen LogP contribution < -0.4 is 10.4 Å². The highest BCUT2D eigenvalue weighted by molar-refractivity contribution is 7.80. The minimum atomic E-state index is 0.311. The van der Waals surface area contributed by atoms with Crippen LogP contribution in [0.15, 0.2) is 76.3 Å². The number of rotatable bonds is 2. The molecular formula is C31H23N3S2. The van der Waals surface area contributed by atoms with E-state index in [1.54, 1.807) is 0 Å². The van der Waals surface area contributed by atoms with Gasteiger partial charge in [0, 0.05) is 20.9 Å². The zero-order chi connectivity index (χ0) is 24.8. The number of thiol groups is 1. The molecule has 1 N–H and O–H groups in total. The number of nitrogens with zero attached hydrogens (tertiary/aromatic N) is 2. The van der Waals surface area contributed by atoms with Crippen molar-refractivity contribution in [1.82, 2.24) is 10.2 Å². The summed E-state index contributed by atoms with van der Waals surface area (Å²) in [7, 11) is 0. The lowest BCUT2D eigenvalue weighted by molar-refractivity contribution is 0.987. The van der Waals surface area contributed by atoms with Gasteiger partial charge in [-0.1, -0.05) is 74.3 Å². The standard InChI is InChI=1S/C31H23N3S2/c1-18-9-11-20-5-3-7-28(35)24(30(18)20)15-22-13-14-23-26(33-34-27(23)17-32-22)16-25-29(36)8-4-6-21-12-10-19(2)31(21)25/h3-18,36H,2H2,1H3,(H,33,34)/b22-15+,25-16-/t18-/m0/s1. The van der Waals surface area contributed by atoms with Gasteiger partial charge in [-0.2, -0.15) is 5.10 Å². The number of aromatic amines is 1. The lowest BCUT2D eigenvalue weighted by atomic mass is 9.98. The Balaban J connectivity index is 1.48. The normalized spacial score (nSPS) is 17.6.